The average Bonchev–Trinajstić information content (AvgIpc) is 2.98. The Morgan fingerprint density at radius 1 is 1.25 bits per heavy atom. The molecule has 0 bridgehead atoms. The maximum absolute atomic E-state index is 12.7. The van der Waals surface area contributed by atoms with Crippen molar-refractivity contribution in [1.82, 2.24) is 9.71 Å². The first-order chi connectivity index (χ1) is 11.5. The van der Waals surface area contributed by atoms with Crippen LogP contribution >= 0.6 is 23.1 Å². The highest BCUT2D eigenvalue weighted by Gasteiger charge is 2.43. The molecule has 1 saturated carbocycles. The monoisotopic (exact) mass is 378 g/mol. The van der Waals surface area contributed by atoms with Crippen LogP contribution in [0, 0.1) is 6.92 Å². The van der Waals surface area contributed by atoms with Crippen molar-refractivity contribution in [1.29, 1.82) is 0 Å². The molecule has 2 aromatic rings. The number of sulfonamides is 1. The molecule has 1 aromatic carbocycles. The average molecular weight is 379 g/mol. The van der Waals surface area contributed by atoms with Crippen molar-refractivity contribution in [2.75, 3.05) is 0 Å². The van der Waals surface area contributed by atoms with Crippen LogP contribution in [-0.4, -0.2) is 24.0 Å². The number of aromatic nitrogens is 1. The van der Waals surface area contributed by atoms with E-state index in [4.69, 9.17) is 0 Å². The first-order valence-electron chi connectivity index (χ1n) is 7.88. The molecule has 4 nitrogen and oxygen atoms in total. The topological polar surface area (TPSA) is 59.1 Å². The van der Waals surface area contributed by atoms with E-state index < -0.39 is 14.6 Å². The highest BCUT2D eigenvalue weighted by atomic mass is 32.3. The van der Waals surface area contributed by atoms with E-state index in [0.29, 0.717) is 12.3 Å². The van der Waals surface area contributed by atoms with Crippen LogP contribution in [0.1, 0.15) is 34.2 Å². The summed E-state index contributed by atoms with van der Waals surface area (Å²) < 4.78 is 27.8. The molecular formula is C17H18N2O2S3. The minimum Gasteiger partial charge on any atom is -0.249 e. The summed E-state index contributed by atoms with van der Waals surface area (Å²) in [6.07, 6.45) is 5.28. The van der Waals surface area contributed by atoms with Crippen molar-refractivity contribution in [2.24, 2.45) is 0 Å². The number of nitrogens with zero attached hydrogens (tertiary/aromatic N) is 1. The number of rotatable bonds is 5. The highest BCUT2D eigenvalue weighted by molar-refractivity contribution is 8.18. The van der Waals surface area contributed by atoms with Gasteiger partial charge in [0.25, 0.3) is 0 Å². The molecule has 2 aliphatic rings. The number of allylic oxidation sites excluding steroid dienone is 1. The second-order valence-electron chi connectivity index (χ2n) is 6.12. The van der Waals surface area contributed by atoms with Gasteiger partial charge in [0.15, 0.2) is 0 Å². The molecule has 0 amide bonds. The lowest BCUT2D eigenvalue weighted by Gasteiger charge is -2.12. The van der Waals surface area contributed by atoms with Crippen LogP contribution in [0.2, 0.25) is 0 Å². The zero-order valence-corrected chi connectivity index (χ0v) is 15.6. The minimum atomic E-state index is -3.33. The number of aryl methyl sites for hydroxylation is 1. The normalized spacial score (nSPS) is 26.4. The predicted octanol–water partition coefficient (Wildman–Crippen LogP) is 3.73. The van der Waals surface area contributed by atoms with Crippen LogP contribution in [0.25, 0.3) is 4.91 Å². The van der Waals surface area contributed by atoms with Crippen molar-refractivity contribution in [2.45, 2.75) is 36.3 Å². The third-order valence-corrected chi connectivity index (χ3v) is 9.03. The SMILES string of the molecule is Cc1ncc(C2=CCC(S(=O)(=O)N[C@H]3C[C@@H]3c3ccccc3)S2)s1. The summed E-state index contributed by atoms with van der Waals surface area (Å²) in [5, 5.41) is 1.000. The molecule has 0 saturated heterocycles. The molecule has 24 heavy (non-hydrogen) atoms. The fourth-order valence-corrected chi connectivity index (χ4v) is 6.93. The largest absolute Gasteiger partial charge is 0.249 e. The van der Waals surface area contributed by atoms with Gasteiger partial charge in [0.2, 0.25) is 10.0 Å². The van der Waals surface area contributed by atoms with Crippen molar-refractivity contribution in [3.8, 4) is 0 Å². The maximum Gasteiger partial charge on any atom is 0.224 e. The van der Waals surface area contributed by atoms with E-state index in [1.807, 2.05) is 37.4 Å². The molecule has 7 heteroatoms. The number of hydrogen-bond acceptors (Lipinski definition) is 5. The summed E-state index contributed by atoms with van der Waals surface area (Å²) in [4.78, 5) is 6.34. The van der Waals surface area contributed by atoms with Crippen molar-refractivity contribution < 1.29 is 8.42 Å². The third kappa shape index (κ3) is 3.31. The Hall–Kier alpha value is -1.15. The van der Waals surface area contributed by atoms with E-state index in [0.717, 1.165) is 21.2 Å². The van der Waals surface area contributed by atoms with Gasteiger partial charge in [0.1, 0.15) is 4.58 Å². The van der Waals surface area contributed by atoms with Crippen LogP contribution in [0.15, 0.2) is 42.6 Å². The van der Waals surface area contributed by atoms with Gasteiger partial charge in [0, 0.05) is 23.1 Å². The Balaban J connectivity index is 1.39. The number of thiazole rings is 1. The van der Waals surface area contributed by atoms with Gasteiger partial charge in [-0.25, -0.2) is 18.1 Å². The lowest BCUT2D eigenvalue weighted by atomic mass is 10.1. The van der Waals surface area contributed by atoms with Crippen LogP contribution in [0.5, 0.6) is 0 Å². The molecular weight excluding hydrogens is 360 g/mol. The van der Waals surface area contributed by atoms with E-state index >= 15 is 0 Å². The van der Waals surface area contributed by atoms with Gasteiger partial charge in [0.05, 0.1) is 9.88 Å². The van der Waals surface area contributed by atoms with Gasteiger partial charge < -0.3 is 0 Å². The Bertz CT molecular complexity index is 874. The lowest BCUT2D eigenvalue weighted by molar-refractivity contribution is 0.577. The van der Waals surface area contributed by atoms with E-state index in [1.54, 1.807) is 11.3 Å². The van der Waals surface area contributed by atoms with Crippen LogP contribution in [0.4, 0.5) is 0 Å². The second-order valence-corrected chi connectivity index (χ2v) is 10.8. The van der Waals surface area contributed by atoms with Gasteiger partial charge >= 0.3 is 0 Å². The lowest BCUT2D eigenvalue weighted by Crippen LogP contribution is -2.33. The summed E-state index contributed by atoms with van der Waals surface area (Å²) >= 11 is 3.04. The summed E-state index contributed by atoms with van der Waals surface area (Å²) in [5.74, 6) is 0.309. The molecule has 4 rings (SSSR count). The zero-order chi connectivity index (χ0) is 16.7. The molecule has 1 N–H and O–H groups in total. The number of benzene rings is 1. The molecule has 1 fully saturated rings. The van der Waals surface area contributed by atoms with Gasteiger partial charge in [-0.1, -0.05) is 36.4 Å². The second kappa shape index (κ2) is 6.29. The predicted molar refractivity (Wildman–Crippen MR) is 100 cm³/mol. The van der Waals surface area contributed by atoms with Crippen LogP contribution in [-0.2, 0) is 10.0 Å². The van der Waals surface area contributed by atoms with Gasteiger partial charge in [-0.3, -0.25) is 0 Å². The summed E-state index contributed by atoms with van der Waals surface area (Å²) in [6.45, 7) is 1.96. The smallest absolute Gasteiger partial charge is 0.224 e. The molecule has 1 aliphatic heterocycles. The Kier molecular flexibility index (Phi) is 4.28. The van der Waals surface area contributed by atoms with Crippen molar-refractivity contribution >= 4 is 38.0 Å². The van der Waals surface area contributed by atoms with E-state index in [9.17, 15) is 8.42 Å². The number of thioether (sulfide) groups is 1. The molecule has 3 atom stereocenters. The molecule has 1 aromatic heterocycles. The quantitative estimate of drug-likeness (QED) is 0.861. The summed E-state index contributed by atoms with van der Waals surface area (Å²) in [5.41, 5.74) is 1.21. The molecule has 0 spiro atoms. The van der Waals surface area contributed by atoms with Crippen molar-refractivity contribution in [3.05, 3.63) is 58.1 Å². The van der Waals surface area contributed by atoms with Gasteiger partial charge in [-0.05, 0) is 25.3 Å². The third-order valence-electron chi connectivity index (χ3n) is 4.30. The van der Waals surface area contributed by atoms with Gasteiger partial charge in [-0.2, -0.15) is 0 Å². The first kappa shape index (κ1) is 16.3. The van der Waals surface area contributed by atoms with E-state index in [1.165, 1.54) is 17.3 Å². The van der Waals surface area contributed by atoms with Crippen molar-refractivity contribution in [3.63, 3.8) is 0 Å². The first-order valence-corrected chi connectivity index (χ1v) is 11.1. The Morgan fingerprint density at radius 3 is 2.75 bits per heavy atom. The summed E-state index contributed by atoms with van der Waals surface area (Å²) in [6, 6.07) is 10.1. The standard InChI is InChI=1S/C17H18N2O2S3/c1-11-18-10-16(22-11)15-7-8-17(23-15)24(20,21)19-14-9-13(14)12-5-3-2-4-6-12/h2-7,10,13-14,17,19H,8-9H2,1H3/t13-,14+,17?/m1/s1. The minimum absolute atomic E-state index is 0.0349. The van der Waals surface area contributed by atoms with Gasteiger partial charge in [-0.15, -0.1) is 23.1 Å². The van der Waals surface area contributed by atoms with E-state index in [-0.39, 0.29) is 6.04 Å². The Labute approximate surface area is 150 Å². The Morgan fingerprint density at radius 2 is 2.04 bits per heavy atom. The maximum atomic E-state index is 12.7. The number of nitrogens with one attached hydrogen (secondary N) is 1. The van der Waals surface area contributed by atoms with Crippen LogP contribution in [0.3, 0.4) is 0 Å². The molecule has 1 unspecified atom stereocenters. The molecule has 126 valence electrons. The molecule has 1 aliphatic carbocycles. The van der Waals surface area contributed by atoms with E-state index in [2.05, 4.69) is 21.8 Å². The zero-order valence-electron chi connectivity index (χ0n) is 13.2. The highest BCUT2D eigenvalue weighted by Crippen LogP contribution is 2.45. The summed E-state index contributed by atoms with van der Waals surface area (Å²) in [7, 11) is -3.33. The van der Waals surface area contributed by atoms with Crippen LogP contribution < -0.4 is 4.72 Å². The fraction of sp³-hybridized carbons (Fsp3) is 0.353. The number of hydrogen-bond donors (Lipinski definition) is 1. The molecule has 0 radical (unpaired) electrons. The fourth-order valence-electron chi connectivity index (χ4n) is 2.95. The molecule has 2 heterocycles.